The first-order valence-electron chi connectivity index (χ1n) is 8.44. The van der Waals surface area contributed by atoms with Gasteiger partial charge in [0.05, 0.1) is 24.0 Å². The molecule has 1 aliphatic rings. The van der Waals surface area contributed by atoms with Crippen molar-refractivity contribution in [2.24, 2.45) is 0 Å². The van der Waals surface area contributed by atoms with E-state index in [9.17, 15) is 9.90 Å². The van der Waals surface area contributed by atoms with Crippen molar-refractivity contribution < 1.29 is 9.90 Å². The number of benzene rings is 1. The van der Waals surface area contributed by atoms with Gasteiger partial charge in [0.25, 0.3) is 5.91 Å². The molecule has 128 valence electrons. The van der Waals surface area contributed by atoms with Crippen LogP contribution < -0.4 is 5.32 Å². The normalized spacial score (nSPS) is 19.4. The molecular formula is C19H20N4O2. The maximum atomic E-state index is 12.6. The second-order valence-corrected chi connectivity index (χ2v) is 6.73. The Kier molecular flexibility index (Phi) is 3.77. The van der Waals surface area contributed by atoms with Gasteiger partial charge in [-0.2, -0.15) is 0 Å². The number of pyridine rings is 1. The third-order valence-electron chi connectivity index (χ3n) is 4.72. The Hall–Kier alpha value is -2.73. The van der Waals surface area contributed by atoms with Gasteiger partial charge < -0.3 is 15.0 Å². The summed E-state index contributed by atoms with van der Waals surface area (Å²) in [5.74, 6) is -0.255. The van der Waals surface area contributed by atoms with Crippen LogP contribution in [0.25, 0.3) is 11.2 Å². The zero-order valence-corrected chi connectivity index (χ0v) is 14.2. The van der Waals surface area contributed by atoms with Crippen LogP contribution in [0, 0.1) is 0 Å². The van der Waals surface area contributed by atoms with Crippen molar-refractivity contribution in [1.82, 2.24) is 19.9 Å². The quantitative estimate of drug-likeness (QED) is 0.770. The van der Waals surface area contributed by atoms with Crippen LogP contribution in [0.15, 0.2) is 42.9 Å². The van der Waals surface area contributed by atoms with Gasteiger partial charge in [-0.3, -0.25) is 4.79 Å². The number of carbonyl (C=O) groups excluding carboxylic acids is 1. The van der Waals surface area contributed by atoms with Crippen molar-refractivity contribution in [1.29, 1.82) is 0 Å². The summed E-state index contributed by atoms with van der Waals surface area (Å²) in [6.07, 6.45) is 3.24. The lowest BCUT2D eigenvalue weighted by Gasteiger charge is -2.18. The molecule has 1 amide bonds. The largest absolute Gasteiger partial charge is 0.390 e. The van der Waals surface area contributed by atoms with Gasteiger partial charge in [0.1, 0.15) is 5.52 Å². The summed E-state index contributed by atoms with van der Waals surface area (Å²) in [5, 5.41) is 13.2. The van der Waals surface area contributed by atoms with Crippen LogP contribution in [-0.4, -0.2) is 31.7 Å². The van der Waals surface area contributed by atoms with Crippen molar-refractivity contribution in [2.75, 3.05) is 0 Å². The number of aliphatic hydroxyl groups is 1. The van der Waals surface area contributed by atoms with Crippen LogP contribution in [0.2, 0.25) is 0 Å². The number of hydrogen-bond donors (Lipinski definition) is 2. The highest BCUT2D eigenvalue weighted by atomic mass is 16.3. The van der Waals surface area contributed by atoms with E-state index in [0.717, 1.165) is 16.8 Å². The number of nitrogens with zero attached hydrogens (tertiary/aromatic N) is 3. The predicted octanol–water partition coefficient (Wildman–Crippen LogP) is 2.40. The Balaban J connectivity index is 1.60. The van der Waals surface area contributed by atoms with Gasteiger partial charge in [-0.15, -0.1) is 0 Å². The molecule has 0 spiro atoms. The van der Waals surface area contributed by atoms with E-state index in [-0.39, 0.29) is 11.9 Å². The Labute approximate surface area is 145 Å². The number of aliphatic hydroxyl groups excluding tert-OH is 1. The number of nitrogens with one attached hydrogen (secondary N) is 1. The van der Waals surface area contributed by atoms with Gasteiger partial charge in [-0.05, 0) is 31.0 Å². The average Bonchev–Trinajstić information content (AvgIpc) is 3.16. The van der Waals surface area contributed by atoms with Crippen molar-refractivity contribution in [3.8, 4) is 0 Å². The van der Waals surface area contributed by atoms with E-state index < -0.39 is 12.1 Å². The minimum Gasteiger partial charge on any atom is -0.390 e. The van der Waals surface area contributed by atoms with E-state index in [4.69, 9.17) is 0 Å². The highest BCUT2D eigenvalue weighted by Gasteiger charge is 2.32. The molecule has 25 heavy (non-hydrogen) atoms. The molecule has 0 radical (unpaired) electrons. The maximum Gasteiger partial charge on any atom is 0.253 e. The molecule has 2 N–H and O–H groups in total. The molecule has 0 saturated heterocycles. The number of fused-ring (bicyclic) bond motifs is 2. The van der Waals surface area contributed by atoms with Crippen LogP contribution >= 0.6 is 0 Å². The van der Waals surface area contributed by atoms with E-state index in [0.29, 0.717) is 17.5 Å². The fourth-order valence-electron chi connectivity index (χ4n) is 3.39. The summed E-state index contributed by atoms with van der Waals surface area (Å²) < 4.78 is 1.97. The summed E-state index contributed by atoms with van der Waals surface area (Å²) >= 11 is 0. The molecule has 0 aliphatic heterocycles. The Morgan fingerprint density at radius 1 is 1.32 bits per heavy atom. The molecule has 0 unspecified atom stereocenters. The molecule has 1 aromatic carbocycles. The smallest absolute Gasteiger partial charge is 0.253 e. The number of imidazole rings is 1. The zero-order chi connectivity index (χ0) is 17.6. The Bertz CT molecular complexity index is 948. The lowest BCUT2D eigenvalue weighted by atomic mass is 10.1. The number of amides is 1. The van der Waals surface area contributed by atoms with Crippen molar-refractivity contribution in [3.63, 3.8) is 0 Å². The first kappa shape index (κ1) is 15.8. The Morgan fingerprint density at radius 2 is 2.12 bits per heavy atom. The SMILES string of the molecule is CC(C)n1cnc2cc(C(=O)N[C@@H]3c4ccccc4C[C@@H]3O)cnc21. The average molecular weight is 336 g/mol. The minimum atomic E-state index is -0.613. The van der Waals surface area contributed by atoms with Gasteiger partial charge in [0, 0.05) is 18.7 Å². The first-order chi connectivity index (χ1) is 12.0. The minimum absolute atomic E-state index is 0.252. The number of hydrogen-bond acceptors (Lipinski definition) is 4. The van der Waals surface area contributed by atoms with Crippen LogP contribution in [0.4, 0.5) is 0 Å². The van der Waals surface area contributed by atoms with Crippen LogP contribution in [-0.2, 0) is 6.42 Å². The third-order valence-corrected chi connectivity index (χ3v) is 4.72. The topological polar surface area (TPSA) is 80.0 Å². The molecule has 6 nitrogen and oxygen atoms in total. The lowest BCUT2D eigenvalue weighted by Crippen LogP contribution is -2.33. The van der Waals surface area contributed by atoms with Crippen molar-refractivity contribution in [2.45, 2.75) is 38.5 Å². The van der Waals surface area contributed by atoms with E-state index in [1.807, 2.05) is 28.8 Å². The van der Waals surface area contributed by atoms with E-state index in [1.165, 1.54) is 0 Å². The van der Waals surface area contributed by atoms with Gasteiger partial charge >= 0.3 is 0 Å². The third kappa shape index (κ3) is 2.68. The molecule has 0 bridgehead atoms. The van der Waals surface area contributed by atoms with Gasteiger partial charge in [0.2, 0.25) is 0 Å². The maximum absolute atomic E-state index is 12.6. The number of aromatic nitrogens is 3. The summed E-state index contributed by atoms with van der Waals surface area (Å²) in [7, 11) is 0. The summed E-state index contributed by atoms with van der Waals surface area (Å²) in [5.41, 5.74) is 3.94. The highest BCUT2D eigenvalue weighted by molar-refractivity contribution is 5.96. The molecule has 0 fully saturated rings. The predicted molar refractivity (Wildman–Crippen MR) is 94.3 cm³/mol. The van der Waals surface area contributed by atoms with Gasteiger partial charge in [-0.1, -0.05) is 24.3 Å². The fraction of sp³-hybridized carbons (Fsp3) is 0.316. The number of carbonyl (C=O) groups is 1. The van der Waals surface area contributed by atoms with Crippen molar-refractivity contribution in [3.05, 3.63) is 59.5 Å². The lowest BCUT2D eigenvalue weighted by molar-refractivity contribution is 0.0858. The molecule has 2 atom stereocenters. The highest BCUT2D eigenvalue weighted by Crippen LogP contribution is 2.31. The van der Waals surface area contributed by atoms with Crippen molar-refractivity contribution >= 4 is 17.1 Å². The molecule has 2 aromatic heterocycles. The van der Waals surface area contributed by atoms with E-state index >= 15 is 0 Å². The standard InChI is InChI=1S/C19H20N4O2/c1-11(2)23-10-21-15-7-13(9-20-18(15)23)19(25)22-17-14-6-4-3-5-12(14)8-16(17)24/h3-7,9-11,16-17,24H,8H2,1-2H3,(H,22,25)/t16-,17+/m0/s1. The van der Waals surface area contributed by atoms with E-state index in [2.05, 4.69) is 29.1 Å². The summed E-state index contributed by atoms with van der Waals surface area (Å²) in [6.45, 7) is 4.12. The molecule has 6 heteroatoms. The molecule has 3 aromatic rings. The van der Waals surface area contributed by atoms with Crippen LogP contribution in [0.1, 0.15) is 47.4 Å². The monoisotopic (exact) mass is 336 g/mol. The van der Waals surface area contributed by atoms with Gasteiger partial charge in [0.15, 0.2) is 5.65 Å². The fourth-order valence-corrected chi connectivity index (χ4v) is 3.39. The zero-order valence-electron chi connectivity index (χ0n) is 14.2. The number of rotatable bonds is 3. The molecule has 1 aliphatic carbocycles. The second-order valence-electron chi connectivity index (χ2n) is 6.73. The summed E-state index contributed by atoms with van der Waals surface area (Å²) in [6, 6.07) is 9.39. The molecule has 4 rings (SSSR count). The second kappa shape index (κ2) is 5.97. The van der Waals surface area contributed by atoms with Crippen LogP contribution in [0.5, 0.6) is 0 Å². The van der Waals surface area contributed by atoms with E-state index in [1.54, 1.807) is 18.6 Å². The first-order valence-corrected chi connectivity index (χ1v) is 8.44. The molecule has 2 heterocycles. The van der Waals surface area contributed by atoms with Crippen LogP contribution in [0.3, 0.4) is 0 Å². The van der Waals surface area contributed by atoms with Gasteiger partial charge in [-0.25, -0.2) is 9.97 Å². The molecular weight excluding hydrogens is 316 g/mol. The Morgan fingerprint density at radius 3 is 2.92 bits per heavy atom. The molecule has 0 saturated carbocycles. The summed E-state index contributed by atoms with van der Waals surface area (Å²) in [4.78, 5) is 21.4.